The van der Waals surface area contributed by atoms with Crippen molar-refractivity contribution in [3.8, 4) is 5.75 Å². The maximum atomic E-state index is 13.3. The summed E-state index contributed by atoms with van der Waals surface area (Å²) < 4.78 is 21.2. The van der Waals surface area contributed by atoms with E-state index in [4.69, 9.17) is 4.74 Å². The molecule has 0 bridgehead atoms. The number of halogens is 1. The van der Waals surface area contributed by atoms with Gasteiger partial charge in [-0.05, 0) is 26.0 Å². The van der Waals surface area contributed by atoms with Crippen LogP contribution in [-0.4, -0.2) is 14.7 Å². The lowest BCUT2D eigenvalue weighted by Gasteiger charge is -2.30. The van der Waals surface area contributed by atoms with Gasteiger partial charge in [-0.1, -0.05) is 0 Å². The summed E-state index contributed by atoms with van der Waals surface area (Å²) >= 11 is 0. The quantitative estimate of drug-likeness (QED) is 0.916. The van der Waals surface area contributed by atoms with Gasteiger partial charge in [0.2, 0.25) is 0 Å². The van der Waals surface area contributed by atoms with E-state index in [2.05, 4.69) is 18.8 Å². The molecule has 1 N–H and O–H groups in total. The summed E-state index contributed by atoms with van der Waals surface area (Å²) in [7, 11) is 0. The first kappa shape index (κ1) is 13.1. The molecule has 1 aromatic carbocycles. The molecule has 2 atom stereocenters. The zero-order valence-electron chi connectivity index (χ0n) is 11.5. The van der Waals surface area contributed by atoms with Gasteiger partial charge in [-0.3, -0.25) is 0 Å². The van der Waals surface area contributed by atoms with E-state index in [1.807, 2.05) is 4.57 Å². The Morgan fingerprint density at radius 1 is 1.45 bits per heavy atom. The zero-order chi connectivity index (χ0) is 14.3. The minimum Gasteiger partial charge on any atom is -0.484 e. The van der Waals surface area contributed by atoms with Crippen LogP contribution < -0.4 is 4.74 Å². The van der Waals surface area contributed by atoms with Crippen molar-refractivity contribution in [2.75, 3.05) is 0 Å². The predicted octanol–water partition coefficient (Wildman–Crippen LogP) is 3.16. The van der Waals surface area contributed by atoms with Gasteiger partial charge in [-0.25, -0.2) is 9.37 Å². The molecule has 0 saturated carbocycles. The molecule has 0 amide bonds. The fourth-order valence-electron chi connectivity index (χ4n) is 2.59. The second-order valence-electron chi connectivity index (χ2n) is 5.36. The Hall–Kier alpha value is -1.88. The highest BCUT2D eigenvalue weighted by Crippen LogP contribution is 2.41. The minimum absolute atomic E-state index is 0.252. The number of nitrogens with zero attached hydrogens (tertiary/aromatic N) is 2. The molecule has 0 spiro atoms. The Bertz CT molecular complexity index is 624. The highest BCUT2D eigenvalue weighted by atomic mass is 19.1. The predicted molar refractivity (Wildman–Crippen MR) is 72.0 cm³/mol. The molecular weight excluding hydrogens is 259 g/mol. The van der Waals surface area contributed by atoms with Gasteiger partial charge in [-0.15, -0.1) is 0 Å². The molecule has 0 radical (unpaired) electrons. The van der Waals surface area contributed by atoms with Gasteiger partial charge in [-0.2, -0.15) is 0 Å². The van der Waals surface area contributed by atoms with Crippen LogP contribution in [0.1, 0.15) is 49.8 Å². The maximum absolute atomic E-state index is 13.3. The fraction of sp³-hybridized carbons (Fsp3) is 0.400. The number of aliphatic hydroxyl groups is 1. The van der Waals surface area contributed by atoms with E-state index in [1.54, 1.807) is 18.6 Å². The van der Waals surface area contributed by atoms with E-state index in [9.17, 15) is 9.50 Å². The van der Waals surface area contributed by atoms with Gasteiger partial charge < -0.3 is 14.4 Å². The average molecular weight is 276 g/mol. The van der Waals surface area contributed by atoms with E-state index >= 15 is 0 Å². The largest absolute Gasteiger partial charge is 0.484 e. The first-order valence-electron chi connectivity index (χ1n) is 6.72. The lowest BCUT2D eigenvalue weighted by atomic mass is 9.97. The van der Waals surface area contributed by atoms with E-state index < -0.39 is 6.10 Å². The van der Waals surface area contributed by atoms with E-state index in [0.717, 1.165) is 5.69 Å². The van der Waals surface area contributed by atoms with Crippen LogP contribution in [0.3, 0.4) is 0 Å². The van der Waals surface area contributed by atoms with Crippen molar-refractivity contribution >= 4 is 0 Å². The Balaban J connectivity index is 1.96. The summed E-state index contributed by atoms with van der Waals surface area (Å²) in [4.78, 5) is 4.14. The van der Waals surface area contributed by atoms with Crippen molar-refractivity contribution in [3.63, 3.8) is 0 Å². The Kier molecular flexibility index (Phi) is 3.22. The summed E-state index contributed by atoms with van der Waals surface area (Å²) in [5.74, 6) is 0.0409. The highest BCUT2D eigenvalue weighted by Gasteiger charge is 2.30. The molecule has 1 aliphatic heterocycles. The average Bonchev–Trinajstić information content (AvgIpc) is 2.87. The molecule has 106 valence electrons. The lowest BCUT2D eigenvalue weighted by Crippen LogP contribution is -2.22. The molecule has 3 rings (SSSR count). The number of imidazole rings is 1. The molecule has 4 nitrogen and oxygen atoms in total. The molecule has 0 aliphatic carbocycles. The molecule has 20 heavy (non-hydrogen) atoms. The summed E-state index contributed by atoms with van der Waals surface area (Å²) in [5.41, 5.74) is 1.53. The number of aliphatic hydroxyl groups excluding tert-OH is 1. The Morgan fingerprint density at radius 3 is 3.00 bits per heavy atom. The second kappa shape index (κ2) is 4.90. The van der Waals surface area contributed by atoms with E-state index in [1.165, 1.54) is 12.1 Å². The molecular formula is C15H17FN2O2. The lowest BCUT2D eigenvalue weighted by molar-refractivity contribution is 0.0610. The zero-order valence-corrected chi connectivity index (χ0v) is 11.5. The number of benzene rings is 1. The fourth-order valence-corrected chi connectivity index (χ4v) is 2.59. The SMILES string of the molecule is CC(C)n1cncc1C1CC(O)c2ccc(F)cc2O1. The molecule has 0 saturated heterocycles. The molecule has 0 fully saturated rings. The van der Waals surface area contributed by atoms with Crippen LogP contribution in [0, 0.1) is 5.82 Å². The third kappa shape index (κ3) is 2.18. The van der Waals surface area contributed by atoms with Crippen LogP contribution in [0.25, 0.3) is 0 Å². The number of hydrogen-bond acceptors (Lipinski definition) is 3. The summed E-state index contributed by atoms with van der Waals surface area (Å²) in [5, 5.41) is 10.2. The summed E-state index contributed by atoms with van der Waals surface area (Å²) in [6.07, 6.45) is 2.96. The highest BCUT2D eigenvalue weighted by molar-refractivity contribution is 5.38. The first-order chi connectivity index (χ1) is 9.56. The third-order valence-electron chi connectivity index (χ3n) is 3.62. The smallest absolute Gasteiger partial charge is 0.143 e. The van der Waals surface area contributed by atoms with Crippen LogP contribution >= 0.6 is 0 Å². The molecule has 1 aliphatic rings. The third-order valence-corrected chi connectivity index (χ3v) is 3.62. The topological polar surface area (TPSA) is 47.3 Å². The van der Waals surface area contributed by atoms with Crippen LogP contribution in [0.4, 0.5) is 4.39 Å². The van der Waals surface area contributed by atoms with Crippen LogP contribution in [0.5, 0.6) is 5.75 Å². The first-order valence-corrected chi connectivity index (χ1v) is 6.72. The van der Waals surface area contributed by atoms with E-state index in [0.29, 0.717) is 17.7 Å². The van der Waals surface area contributed by atoms with Crippen molar-refractivity contribution in [2.24, 2.45) is 0 Å². The molecule has 2 unspecified atom stereocenters. The standard InChI is InChI=1S/C15H17FN2O2/c1-9(2)18-8-17-7-12(18)15-6-13(19)11-4-3-10(16)5-14(11)20-15/h3-5,7-9,13,15,19H,6H2,1-2H3. The van der Waals surface area contributed by atoms with Crippen LogP contribution in [-0.2, 0) is 0 Å². The van der Waals surface area contributed by atoms with Gasteiger partial charge in [0.15, 0.2) is 0 Å². The van der Waals surface area contributed by atoms with E-state index in [-0.39, 0.29) is 18.0 Å². The Morgan fingerprint density at radius 2 is 2.25 bits per heavy atom. The Labute approximate surface area is 116 Å². The van der Waals surface area contributed by atoms with Crippen molar-refractivity contribution in [2.45, 2.75) is 38.5 Å². The van der Waals surface area contributed by atoms with Gasteiger partial charge in [0, 0.05) is 24.1 Å². The van der Waals surface area contributed by atoms with Gasteiger partial charge in [0.25, 0.3) is 0 Å². The van der Waals surface area contributed by atoms with Crippen LogP contribution in [0.2, 0.25) is 0 Å². The number of ether oxygens (including phenoxy) is 1. The molecule has 2 aromatic rings. The van der Waals surface area contributed by atoms with Crippen molar-refractivity contribution < 1.29 is 14.2 Å². The molecule has 5 heteroatoms. The summed E-state index contributed by atoms with van der Waals surface area (Å²) in [6.45, 7) is 4.11. The number of aromatic nitrogens is 2. The van der Waals surface area contributed by atoms with Gasteiger partial charge >= 0.3 is 0 Å². The normalized spacial score (nSPS) is 21.6. The van der Waals surface area contributed by atoms with Crippen molar-refractivity contribution in [1.29, 1.82) is 0 Å². The summed E-state index contributed by atoms with van der Waals surface area (Å²) in [6, 6.07) is 4.48. The second-order valence-corrected chi connectivity index (χ2v) is 5.36. The van der Waals surface area contributed by atoms with Crippen molar-refractivity contribution in [3.05, 3.63) is 47.8 Å². The minimum atomic E-state index is -0.653. The number of rotatable bonds is 2. The maximum Gasteiger partial charge on any atom is 0.143 e. The number of fused-ring (bicyclic) bond motifs is 1. The van der Waals surface area contributed by atoms with Gasteiger partial charge in [0.05, 0.1) is 24.3 Å². The van der Waals surface area contributed by atoms with Gasteiger partial charge in [0.1, 0.15) is 17.7 Å². The van der Waals surface area contributed by atoms with Crippen LogP contribution in [0.15, 0.2) is 30.7 Å². The molecule has 2 heterocycles. The van der Waals surface area contributed by atoms with Crippen molar-refractivity contribution in [1.82, 2.24) is 9.55 Å². The molecule has 1 aromatic heterocycles. The number of hydrogen-bond donors (Lipinski definition) is 1. The monoisotopic (exact) mass is 276 g/mol.